The molecule has 0 radical (unpaired) electrons. The third-order valence-electron chi connectivity index (χ3n) is 4.95. The van der Waals surface area contributed by atoms with Gasteiger partial charge in [-0.1, -0.05) is 17.1 Å². The lowest BCUT2D eigenvalue weighted by Crippen LogP contribution is -2.50. The van der Waals surface area contributed by atoms with Crippen LogP contribution >= 0.6 is 0 Å². The number of amides is 1. The number of hydrogen-bond acceptors (Lipinski definition) is 4. The number of H-pyrrole nitrogens is 1. The second-order valence-corrected chi connectivity index (χ2v) is 6.90. The maximum absolute atomic E-state index is 12.9. The molecule has 1 fully saturated rings. The maximum Gasteiger partial charge on any atom is 0.416 e. The molecule has 0 atom stereocenters. The summed E-state index contributed by atoms with van der Waals surface area (Å²) in [4.78, 5) is 28.1. The van der Waals surface area contributed by atoms with Gasteiger partial charge in [-0.2, -0.15) is 13.2 Å². The molecule has 1 aliphatic rings. The Morgan fingerprint density at radius 3 is 2.43 bits per heavy atom. The number of aromatic nitrogens is 3. The number of nitrogens with one attached hydrogen (secondary N) is 1. The van der Waals surface area contributed by atoms with Crippen molar-refractivity contribution >= 4 is 11.9 Å². The summed E-state index contributed by atoms with van der Waals surface area (Å²) in [7, 11) is 0. The van der Waals surface area contributed by atoms with E-state index >= 15 is 0 Å². The molecule has 3 aromatic rings. The van der Waals surface area contributed by atoms with Gasteiger partial charge in [0.1, 0.15) is 6.20 Å². The van der Waals surface area contributed by atoms with Crippen molar-refractivity contribution in [1.82, 2.24) is 14.9 Å². The van der Waals surface area contributed by atoms with Crippen molar-refractivity contribution in [3.8, 4) is 11.3 Å². The zero-order chi connectivity index (χ0) is 21.1. The van der Waals surface area contributed by atoms with Crippen molar-refractivity contribution < 1.29 is 22.9 Å². The normalized spacial score (nSPS) is 14.6. The van der Waals surface area contributed by atoms with Gasteiger partial charge in [0.2, 0.25) is 0 Å². The Kier molecular flexibility index (Phi) is 5.35. The number of nitrogens with zero attached hydrogens (tertiary/aromatic N) is 4. The van der Waals surface area contributed by atoms with Crippen LogP contribution in [0.1, 0.15) is 15.9 Å². The van der Waals surface area contributed by atoms with E-state index in [2.05, 4.69) is 19.9 Å². The van der Waals surface area contributed by atoms with Gasteiger partial charge in [0, 0.05) is 17.8 Å². The summed E-state index contributed by atoms with van der Waals surface area (Å²) < 4.78 is 38.7. The van der Waals surface area contributed by atoms with Crippen LogP contribution in [0, 0.1) is 0 Å². The molecule has 0 saturated carbocycles. The molecule has 9 heteroatoms. The highest BCUT2D eigenvalue weighted by Gasteiger charge is 2.30. The molecule has 2 aromatic heterocycles. The fraction of sp³-hybridized carbons (Fsp3) is 0.238. The van der Waals surface area contributed by atoms with Crippen LogP contribution in [0.15, 0.2) is 61.1 Å². The van der Waals surface area contributed by atoms with Crippen LogP contribution in [0.4, 0.5) is 19.1 Å². The average molecular weight is 414 g/mol. The SMILES string of the molecule is O=C(c1ccc(-c2cccc(C(F)(F)F)c2)nc1)N1CCN(c2nccc[nH+]2)CC1. The van der Waals surface area contributed by atoms with Gasteiger partial charge in [-0.05, 0) is 24.3 Å². The van der Waals surface area contributed by atoms with Crippen LogP contribution in [0.2, 0.25) is 0 Å². The Morgan fingerprint density at radius 2 is 1.80 bits per heavy atom. The average Bonchev–Trinajstić information content (AvgIpc) is 2.79. The molecule has 1 aromatic carbocycles. The number of carbonyl (C=O) groups is 1. The van der Waals surface area contributed by atoms with Crippen LogP contribution in [-0.4, -0.2) is 47.0 Å². The monoisotopic (exact) mass is 414 g/mol. The smallest absolute Gasteiger partial charge is 0.332 e. The minimum Gasteiger partial charge on any atom is -0.332 e. The minimum absolute atomic E-state index is 0.150. The van der Waals surface area contributed by atoms with Crippen molar-refractivity contribution in [2.24, 2.45) is 0 Å². The van der Waals surface area contributed by atoms with E-state index in [-0.39, 0.29) is 5.91 Å². The van der Waals surface area contributed by atoms with Crippen molar-refractivity contribution in [1.29, 1.82) is 0 Å². The number of piperazine rings is 1. The van der Waals surface area contributed by atoms with Gasteiger partial charge in [0.15, 0.2) is 0 Å². The molecule has 0 aliphatic carbocycles. The van der Waals surface area contributed by atoms with E-state index in [9.17, 15) is 18.0 Å². The van der Waals surface area contributed by atoms with E-state index in [1.54, 1.807) is 41.6 Å². The quantitative estimate of drug-likeness (QED) is 0.661. The predicted molar refractivity (Wildman–Crippen MR) is 104 cm³/mol. The third kappa shape index (κ3) is 4.24. The number of benzene rings is 1. The van der Waals surface area contributed by atoms with Gasteiger partial charge in [0.25, 0.3) is 5.91 Å². The highest BCUT2D eigenvalue weighted by atomic mass is 19.4. The molecule has 0 unspecified atom stereocenters. The van der Waals surface area contributed by atoms with Crippen LogP contribution in [0.5, 0.6) is 0 Å². The first-order valence-corrected chi connectivity index (χ1v) is 9.42. The second kappa shape index (κ2) is 8.10. The molecule has 1 N–H and O–H groups in total. The molecule has 1 aliphatic heterocycles. The first-order chi connectivity index (χ1) is 14.4. The zero-order valence-electron chi connectivity index (χ0n) is 15.9. The van der Waals surface area contributed by atoms with E-state index < -0.39 is 11.7 Å². The zero-order valence-corrected chi connectivity index (χ0v) is 15.9. The topological polar surface area (TPSA) is 63.5 Å². The number of halogens is 3. The fourth-order valence-electron chi connectivity index (χ4n) is 3.34. The number of aromatic amines is 1. The Morgan fingerprint density at radius 1 is 1.00 bits per heavy atom. The van der Waals surface area contributed by atoms with Crippen molar-refractivity contribution in [2.45, 2.75) is 6.18 Å². The van der Waals surface area contributed by atoms with Crippen molar-refractivity contribution in [3.63, 3.8) is 0 Å². The standard InChI is InChI=1S/C21H18F3N5O/c22-21(23,24)17-4-1-3-15(13-17)18-6-5-16(14-27-18)19(30)28-9-11-29(12-10-28)20-25-7-2-8-26-20/h1-8,13-14H,9-12H2/p+1. The lowest BCUT2D eigenvalue weighted by atomic mass is 10.1. The summed E-state index contributed by atoms with van der Waals surface area (Å²) in [5.41, 5.74) is 0.408. The van der Waals surface area contributed by atoms with Gasteiger partial charge < -0.3 is 4.90 Å². The molecule has 154 valence electrons. The number of pyridine rings is 1. The largest absolute Gasteiger partial charge is 0.416 e. The van der Waals surface area contributed by atoms with Crippen LogP contribution < -0.4 is 9.88 Å². The van der Waals surface area contributed by atoms with Gasteiger partial charge in [-0.3, -0.25) is 14.7 Å². The van der Waals surface area contributed by atoms with Crippen LogP contribution in [-0.2, 0) is 6.18 Å². The van der Waals surface area contributed by atoms with Gasteiger partial charge >= 0.3 is 12.1 Å². The number of rotatable bonds is 3. The van der Waals surface area contributed by atoms with Gasteiger partial charge in [-0.25, -0.2) is 4.98 Å². The lowest BCUT2D eigenvalue weighted by Gasteiger charge is -2.31. The summed E-state index contributed by atoms with van der Waals surface area (Å²) in [6.45, 7) is 2.38. The molecule has 30 heavy (non-hydrogen) atoms. The molecule has 1 saturated heterocycles. The number of carbonyl (C=O) groups excluding carboxylic acids is 1. The first-order valence-electron chi connectivity index (χ1n) is 9.42. The molecular formula is C21H19F3N5O+. The molecular weight excluding hydrogens is 395 g/mol. The lowest BCUT2D eigenvalue weighted by molar-refractivity contribution is -0.368. The Bertz CT molecular complexity index is 1020. The number of anilines is 1. The molecule has 6 nitrogen and oxygen atoms in total. The Balaban J connectivity index is 1.43. The highest BCUT2D eigenvalue weighted by Crippen LogP contribution is 2.31. The molecule has 0 bridgehead atoms. The van der Waals surface area contributed by atoms with E-state index in [1.807, 2.05) is 0 Å². The van der Waals surface area contributed by atoms with Crippen LogP contribution in [0.3, 0.4) is 0 Å². The predicted octanol–water partition coefficient (Wildman–Crippen LogP) is 2.94. The fourth-order valence-corrected chi connectivity index (χ4v) is 3.34. The molecule has 0 spiro atoms. The van der Waals surface area contributed by atoms with Crippen LogP contribution in [0.25, 0.3) is 11.3 Å². The number of hydrogen-bond donors (Lipinski definition) is 0. The van der Waals surface area contributed by atoms with Crippen molar-refractivity contribution in [2.75, 3.05) is 31.1 Å². The summed E-state index contributed by atoms with van der Waals surface area (Å²) in [5.74, 6) is 0.611. The minimum atomic E-state index is -4.42. The first kappa shape index (κ1) is 19.8. The summed E-state index contributed by atoms with van der Waals surface area (Å²) in [6, 6.07) is 9.96. The van der Waals surface area contributed by atoms with E-state index in [4.69, 9.17) is 0 Å². The molecule has 1 amide bonds. The Labute approximate surface area is 171 Å². The summed E-state index contributed by atoms with van der Waals surface area (Å²) in [6.07, 6.45) is 0.510. The van der Waals surface area contributed by atoms with Gasteiger partial charge in [-0.15, -0.1) is 0 Å². The third-order valence-corrected chi connectivity index (χ3v) is 4.95. The molecule has 4 rings (SSSR count). The summed E-state index contributed by atoms with van der Waals surface area (Å²) in [5, 5.41) is 0. The molecule has 3 heterocycles. The second-order valence-electron chi connectivity index (χ2n) is 6.90. The summed E-state index contributed by atoms with van der Waals surface area (Å²) >= 11 is 0. The van der Waals surface area contributed by atoms with Gasteiger partial charge in [0.05, 0.1) is 49.2 Å². The van der Waals surface area contributed by atoms with E-state index in [0.29, 0.717) is 43.0 Å². The van der Waals surface area contributed by atoms with E-state index in [0.717, 1.165) is 18.1 Å². The highest BCUT2D eigenvalue weighted by molar-refractivity contribution is 5.94. The maximum atomic E-state index is 12.9. The Hall–Kier alpha value is -3.49. The van der Waals surface area contributed by atoms with Crippen molar-refractivity contribution in [3.05, 3.63) is 72.2 Å². The van der Waals surface area contributed by atoms with E-state index in [1.165, 1.54) is 12.3 Å². The number of alkyl halides is 3.